The largest absolute Gasteiger partial charge is 0.456 e. The Labute approximate surface area is 173 Å². The summed E-state index contributed by atoms with van der Waals surface area (Å²) in [4.78, 5) is 37.4. The van der Waals surface area contributed by atoms with Crippen LogP contribution in [0.2, 0.25) is 0 Å². The van der Waals surface area contributed by atoms with E-state index in [1.54, 1.807) is 30.3 Å². The van der Waals surface area contributed by atoms with Gasteiger partial charge in [0.05, 0.1) is 0 Å². The minimum absolute atomic E-state index is 0.211. The van der Waals surface area contributed by atoms with Gasteiger partial charge < -0.3 is 10.1 Å². The molecule has 0 aliphatic carbocycles. The molecular formula is C24H20FNO4. The van der Waals surface area contributed by atoms with Gasteiger partial charge in [0.25, 0.3) is 5.91 Å². The molecular weight excluding hydrogens is 385 g/mol. The number of ether oxygens (including phenoxy) is 1. The first-order chi connectivity index (χ1) is 14.5. The zero-order valence-corrected chi connectivity index (χ0v) is 16.1. The van der Waals surface area contributed by atoms with Gasteiger partial charge in [0.15, 0.2) is 12.4 Å². The van der Waals surface area contributed by atoms with Crippen LogP contribution in [-0.4, -0.2) is 30.3 Å². The van der Waals surface area contributed by atoms with E-state index in [0.29, 0.717) is 5.56 Å². The van der Waals surface area contributed by atoms with Crippen molar-refractivity contribution in [3.63, 3.8) is 0 Å². The van der Waals surface area contributed by atoms with Gasteiger partial charge in [-0.3, -0.25) is 9.59 Å². The second-order valence-electron chi connectivity index (χ2n) is 6.62. The van der Waals surface area contributed by atoms with Crippen molar-refractivity contribution < 1.29 is 23.5 Å². The summed E-state index contributed by atoms with van der Waals surface area (Å²) in [5.74, 6) is -2.07. The van der Waals surface area contributed by atoms with Gasteiger partial charge >= 0.3 is 5.97 Å². The predicted octanol–water partition coefficient (Wildman–Crippen LogP) is 3.59. The summed E-state index contributed by atoms with van der Waals surface area (Å²) in [6.45, 7) is -0.503. The molecule has 1 amide bonds. The monoisotopic (exact) mass is 405 g/mol. The molecule has 6 heteroatoms. The van der Waals surface area contributed by atoms with E-state index < -0.39 is 36.1 Å². The van der Waals surface area contributed by atoms with Crippen LogP contribution in [0.15, 0.2) is 84.9 Å². The van der Waals surface area contributed by atoms with Crippen LogP contribution in [0.1, 0.15) is 26.3 Å². The molecule has 0 bridgehead atoms. The van der Waals surface area contributed by atoms with E-state index in [0.717, 1.165) is 17.7 Å². The first kappa shape index (κ1) is 20.9. The number of carbonyl (C=O) groups excluding carboxylic acids is 3. The number of Topliss-reactive ketones (excluding diaryl/α,β-unsaturated/α-hetero) is 1. The normalized spacial score (nSPS) is 11.4. The summed E-state index contributed by atoms with van der Waals surface area (Å²) < 4.78 is 18.2. The van der Waals surface area contributed by atoms with Gasteiger partial charge in [-0.2, -0.15) is 0 Å². The van der Waals surface area contributed by atoms with E-state index in [9.17, 15) is 18.8 Å². The number of esters is 1. The van der Waals surface area contributed by atoms with Crippen molar-refractivity contribution in [1.29, 1.82) is 0 Å². The van der Waals surface area contributed by atoms with Crippen molar-refractivity contribution in [3.8, 4) is 0 Å². The van der Waals surface area contributed by atoms with E-state index in [2.05, 4.69) is 5.32 Å². The Hall–Kier alpha value is -3.80. The molecule has 3 aromatic carbocycles. The Bertz CT molecular complexity index is 1000. The number of nitrogens with one attached hydrogen (secondary N) is 1. The maximum Gasteiger partial charge on any atom is 0.329 e. The predicted molar refractivity (Wildman–Crippen MR) is 110 cm³/mol. The fourth-order valence-corrected chi connectivity index (χ4v) is 2.83. The molecule has 0 aromatic heterocycles. The fourth-order valence-electron chi connectivity index (χ4n) is 2.83. The first-order valence-electron chi connectivity index (χ1n) is 9.38. The van der Waals surface area contributed by atoms with Crippen LogP contribution in [0, 0.1) is 5.82 Å². The van der Waals surface area contributed by atoms with Gasteiger partial charge in [0, 0.05) is 17.5 Å². The highest BCUT2D eigenvalue weighted by atomic mass is 19.1. The molecule has 0 radical (unpaired) electrons. The van der Waals surface area contributed by atoms with Gasteiger partial charge in [-0.05, 0) is 42.0 Å². The average Bonchev–Trinajstić information content (AvgIpc) is 2.78. The van der Waals surface area contributed by atoms with Crippen molar-refractivity contribution in [2.75, 3.05) is 6.61 Å². The van der Waals surface area contributed by atoms with Crippen LogP contribution in [0.25, 0.3) is 0 Å². The number of halogens is 1. The molecule has 152 valence electrons. The second-order valence-corrected chi connectivity index (χ2v) is 6.62. The van der Waals surface area contributed by atoms with Crippen molar-refractivity contribution in [3.05, 3.63) is 107 Å². The molecule has 1 unspecified atom stereocenters. The summed E-state index contributed by atoms with van der Waals surface area (Å²) in [5, 5.41) is 2.68. The Morgan fingerprint density at radius 3 is 2.03 bits per heavy atom. The van der Waals surface area contributed by atoms with Crippen LogP contribution < -0.4 is 5.32 Å². The van der Waals surface area contributed by atoms with E-state index in [4.69, 9.17) is 4.74 Å². The third kappa shape index (κ3) is 5.85. The minimum atomic E-state index is -0.971. The lowest BCUT2D eigenvalue weighted by atomic mass is 10.1. The molecule has 0 saturated heterocycles. The van der Waals surface area contributed by atoms with Crippen LogP contribution in [0.3, 0.4) is 0 Å². The third-order valence-corrected chi connectivity index (χ3v) is 4.42. The highest BCUT2D eigenvalue weighted by Gasteiger charge is 2.24. The summed E-state index contributed by atoms with van der Waals surface area (Å²) >= 11 is 0. The van der Waals surface area contributed by atoms with E-state index >= 15 is 0 Å². The topological polar surface area (TPSA) is 72.5 Å². The zero-order valence-electron chi connectivity index (χ0n) is 16.1. The van der Waals surface area contributed by atoms with Crippen molar-refractivity contribution >= 4 is 17.7 Å². The number of amides is 1. The van der Waals surface area contributed by atoms with E-state index in [1.807, 2.05) is 30.3 Å². The molecule has 1 atom stereocenters. The average molecular weight is 405 g/mol. The molecule has 1 N–H and O–H groups in total. The quantitative estimate of drug-likeness (QED) is 0.459. The zero-order chi connectivity index (χ0) is 21.3. The molecule has 0 heterocycles. The lowest BCUT2D eigenvalue weighted by Crippen LogP contribution is -2.43. The van der Waals surface area contributed by atoms with Gasteiger partial charge in [-0.25, -0.2) is 9.18 Å². The number of hydrogen-bond donors (Lipinski definition) is 1. The van der Waals surface area contributed by atoms with Crippen LogP contribution in [0.4, 0.5) is 4.39 Å². The minimum Gasteiger partial charge on any atom is -0.456 e. The van der Waals surface area contributed by atoms with E-state index in [-0.39, 0.29) is 12.0 Å². The molecule has 0 aliphatic heterocycles. The maximum absolute atomic E-state index is 13.0. The van der Waals surface area contributed by atoms with Crippen LogP contribution in [0.5, 0.6) is 0 Å². The summed E-state index contributed by atoms with van der Waals surface area (Å²) in [7, 11) is 0. The Kier molecular flexibility index (Phi) is 7.05. The van der Waals surface area contributed by atoms with Gasteiger partial charge in [-0.15, -0.1) is 0 Å². The molecule has 5 nitrogen and oxygen atoms in total. The summed E-state index contributed by atoms with van der Waals surface area (Å²) in [6.07, 6.45) is 0.211. The lowest BCUT2D eigenvalue weighted by molar-refractivity contribution is -0.144. The van der Waals surface area contributed by atoms with Crippen molar-refractivity contribution in [1.82, 2.24) is 5.32 Å². The molecule has 0 fully saturated rings. The Morgan fingerprint density at radius 2 is 1.40 bits per heavy atom. The number of ketones is 1. The standard InChI is InChI=1S/C24H20FNO4/c25-20-13-11-18(12-14-20)22(27)16-30-24(29)21(15-17-7-3-1-4-8-17)26-23(28)19-9-5-2-6-10-19/h1-14,21H,15-16H2,(H,26,28). The summed E-state index contributed by atoms with van der Waals surface area (Å²) in [6, 6.07) is 21.7. The van der Waals surface area contributed by atoms with Crippen molar-refractivity contribution in [2.24, 2.45) is 0 Å². The molecule has 0 spiro atoms. The number of carbonyl (C=O) groups is 3. The fraction of sp³-hybridized carbons (Fsp3) is 0.125. The Morgan fingerprint density at radius 1 is 0.800 bits per heavy atom. The SMILES string of the molecule is O=C(COC(=O)C(Cc1ccccc1)NC(=O)c1ccccc1)c1ccc(F)cc1. The first-order valence-corrected chi connectivity index (χ1v) is 9.38. The van der Waals surface area contributed by atoms with E-state index in [1.165, 1.54) is 12.1 Å². The summed E-state index contributed by atoms with van der Waals surface area (Å²) in [5.41, 5.74) is 1.47. The number of hydrogen-bond acceptors (Lipinski definition) is 4. The van der Waals surface area contributed by atoms with Gasteiger partial charge in [-0.1, -0.05) is 48.5 Å². The van der Waals surface area contributed by atoms with Gasteiger partial charge in [0.2, 0.25) is 0 Å². The Balaban J connectivity index is 1.68. The van der Waals surface area contributed by atoms with Crippen LogP contribution >= 0.6 is 0 Å². The molecule has 0 aliphatic rings. The maximum atomic E-state index is 13.0. The highest BCUT2D eigenvalue weighted by molar-refractivity contribution is 5.99. The molecule has 3 rings (SSSR count). The number of rotatable bonds is 8. The number of benzene rings is 3. The second kappa shape index (κ2) is 10.1. The smallest absolute Gasteiger partial charge is 0.329 e. The third-order valence-electron chi connectivity index (χ3n) is 4.42. The molecule has 0 saturated carbocycles. The molecule has 3 aromatic rings. The molecule has 30 heavy (non-hydrogen) atoms. The highest BCUT2D eigenvalue weighted by Crippen LogP contribution is 2.08. The lowest BCUT2D eigenvalue weighted by Gasteiger charge is -2.18. The van der Waals surface area contributed by atoms with Crippen molar-refractivity contribution in [2.45, 2.75) is 12.5 Å². The van der Waals surface area contributed by atoms with Gasteiger partial charge in [0.1, 0.15) is 11.9 Å². The van der Waals surface area contributed by atoms with Crippen LogP contribution in [-0.2, 0) is 16.0 Å².